The van der Waals surface area contributed by atoms with Crippen LogP contribution in [0.15, 0.2) is 64.1 Å². The van der Waals surface area contributed by atoms with Gasteiger partial charge in [0, 0.05) is 43.7 Å². The lowest BCUT2D eigenvalue weighted by atomic mass is 9.94. The highest BCUT2D eigenvalue weighted by atomic mass is 19.1. The molecule has 0 aliphatic carbocycles. The Morgan fingerprint density at radius 2 is 1.87 bits per heavy atom. The first-order chi connectivity index (χ1) is 15.0. The maximum Gasteiger partial charge on any atom is 0.191 e. The third kappa shape index (κ3) is 4.94. The number of guanidine groups is 1. The van der Waals surface area contributed by atoms with Gasteiger partial charge in [0.1, 0.15) is 12.4 Å². The molecule has 0 saturated carbocycles. The van der Waals surface area contributed by atoms with Gasteiger partial charge in [-0.3, -0.25) is 0 Å². The molecule has 0 radical (unpaired) electrons. The molecule has 1 aliphatic rings. The van der Waals surface area contributed by atoms with Gasteiger partial charge in [-0.2, -0.15) is 0 Å². The van der Waals surface area contributed by atoms with Gasteiger partial charge in [-0.25, -0.2) is 9.38 Å². The van der Waals surface area contributed by atoms with Gasteiger partial charge < -0.3 is 20.1 Å². The van der Waals surface area contributed by atoms with Crippen molar-refractivity contribution >= 4 is 5.96 Å². The molecule has 2 N–H and O–H groups in total. The lowest BCUT2D eigenvalue weighted by molar-refractivity contribution is 0.213. The fourth-order valence-corrected chi connectivity index (χ4v) is 3.73. The molecular formula is C24H28FN5O. The van der Waals surface area contributed by atoms with Crippen LogP contribution in [0, 0.1) is 5.82 Å². The van der Waals surface area contributed by atoms with Crippen molar-refractivity contribution < 1.29 is 8.91 Å². The monoisotopic (exact) mass is 421 g/mol. The Balaban J connectivity index is 1.43. The first-order valence-electron chi connectivity index (χ1n) is 10.5. The number of piperazine rings is 1. The largest absolute Gasteiger partial charge is 0.370 e. The summed E-state index contributed by atoms with van der Waals surface area (Å²) in [5, 5.41) is 4.18. The smallest absolute Gasteiger partial charge is 0.191 e. The van der Waals surface area contributed by atoms with E-state index < -0.39 is 0 Å². The summed E-state index contributed by atoms with van der Waals surface area (Å²) < 4.78 is 20.2. The maximum atomic E-state index is 14.7. The Morgan fingerprint density at radius 3 is 2.58 bits per heavy atom. The van der Waals surface area contributed by atoms with E-state index in [0.29, 0.717) is 23.8 Å². The first kappa shape index (κ1) is 21.1. The van der Waals surface area contributed by atoms with E-state index in [2.05, 4.69) is 27.0 Å². The van der Waals surface area contributed by atoms with Gasteiger partial charge in [0.25, 0.3) is 0 Å². The number of benzene rings is 2. The van der Waals surface area contributed by atoms with Crippen LogP contribution in [0.25, 0.3) is 11.1 Å². The van der Waals surface area contributed by atoms with Gasteiger partial charge in [0.05, 0.1) is 5.69 Å². The van der Waals surface area contributed by atoms with E-state index >= 15 is 0 Å². The summed E-state index contributed by atoms with van der Waals surface area (Å²) in [6, 6.07) is 16.7. The van der Waals surface area contributed by atoms with Gasteiger partial charge in [0.15, 0.2) is 11.7 Å². The molecule has 4 rings (SSSR count). The van der Waals surface area contributed by atoms with Crippen molar-refractivity contribution in [1.82, 2.24) is 15.0 Å². The van der Waals surface area contributed by atoms with Crippen molar-refractivity contribution in [2.45, 2.75) is 19.4 Å². The fraction of sp³-hybridized carbons (Fsp3) is 0.333. The van der Waals surface area contributed by atoms with Crippen LogP contribution in [-0.2, 0) is 6.54 Å². The third-order valence-corrected chi connectivity index (χ3v) is 5.82. The van der Waals surface area contributed by atoms with Crippen molar-refractivity contribution in [3.05, 3.63) is 77.4 Å². The lowest BCUT2D eigenvalue weighted by Gasteiger charge is -2.32. The molecule has 31 heavy (non-hydrogen) atoms. The first-order valence-corrected chi connectivity index (χ1v) is 10.5. The van der Waals surface area contributed by atoms with E-state index in [1.54, 1.807) is 6.07 Å². The molecule has 3 aromatic rings. The molecule has 1 aromatic heterocycles. The minimum Gasteiger partial charge on any atom is -0.370 e. The summed E-state index contributed by atoms with van der Waals surface area (Å²) >= 11 is 0. The van der Waals surface area contributed by atoms with E-state index in [9.17, 15) is 4.39 Å². The van der Waals surface area contributed by atoms with E-state index in [1.165, 1.54) is 0 Å². The molecule has 162 valence electrons. The summed E-state index contributed by atoms with van der Waals surface area (Å²) in [6.07, 6.45) is 0. The van der Waals surface area contributed by atoms with Crippen molar-refractivity contribution in [2.75, 3.05) is 33.2 Å². The number of aliphatic imine (C=N–C) groups is 1. The number of nitrogens with zero attached hydrogens (tertiary/aromatic N) is 4. The highest BCUT2D eigenvalue weighted by Crippen LogP contribution is 2.29. The standard InChI is InChI=1S/C24H28FN5O/c1-17(19-8-9-21(22(25)14-19)18-6-4-3-5-7-18)23-15-20(31-28-23)16-27-24(26)30-12-10-29(2)11-13-30/h3-9,14-15,17H,10-13,16H2,1-2H3,(H2,26,27). The van der Waals surface area contributed by atoms with E-state index in [1.807, 2.05) is 55.5 Å². The summed E-state index contributed by atoms with van der Waals surface area (Å²) in [7, 11) is 2.10. The van der Waals surface area contributed by atoms with Gasteiger partial charge in [-0.1, -0.05) is 54.5 Å². The molecule has 0 bridgehead atoms. The molecule has 1 unspecified atom stereocenters. The zero-order chi connectivity index (χ0) is 21.8. The van der Waals surface area contributed by atoms with Crippen LogP contribution in [-0.4, -0.2) is 54.1 Å². The van der Waals surface area contributed by atoms with Crippen LogP contribution in [0.2, 0.25) is 0 Å². The highest BCUT2D eigenvalue weighted by molar-refractivity contribution is 5.78. The van der Waals surface area contributed by atoms with Crippen LogP contribution >= 0.6 is 0 Å². The number of rotatable bonds is 5. The molecular weight excluding hydrogens is 393 g/mol. The Morgan fingerprint density at radius 1 is 1.13 bits per heavy atom. The second-order valence-corrected chi connectivity index (χ2v) is 8.01. The number of hydrogen-bond acceptors (Lipinski definition) is 4. The highest BCUT2D eigenvalue weighted by Gasteiger charge is 2.18. The average Bonchev–Trinajstić information content (AvgIpc) is 3.27. The summed E-state index contributed by atoms with van der Waals surface area (Å²) in [6.45, 7) is 6.00. The molecule has 6 nitrogen and oxygen atoms in total. The SMILES string of the molecule is CC(c1ccc(-c2ccccc2)c(F)c1)c1cc(CN=C(N)N2CCN(C)CC2)on1. The quantitative estimate of drug-likeness (QED) is 0.503. The van der Waals surface area contributed by atoms with Gasteiger partial charge in [-0.15, -0.1) is 0 Å². The second-order valence-electron chi connectivity index (χ2n) is 8.01. The molecule has 2 aromatic carbocycles. The zero-order valence-corrected chi connectivity index (χ0v) is 18.0. The van der Waals surface area contributed by atoms with Crippen molar-refractivity contribution in [2.24, 2.45) is 10.7 Å². The molecule has 1 saturated heterocycles. The Kier molecular flexibility index (Phi) is 6.32. The normalized spacial score (nSPS) is 16.5. The number of hydrogen-bond donors (Lipinski definition) is 1. The predicted molar refractivity (Wildman–Crippen MR) is 120 cm³/mol. The summed E-state index contributed by atoms with van der Waals surface area (Å²) in [5.74, 6) is 0.817. The van der Waals surface area contributed by atoms with E-state index in [4.69, 9.17) is 10.3 Å². The lowest BCUT2D eigenvalue weighted by Crippen LogP contribution is -2.49. The second kappa shape index (κ2) is 9.31. The van der Waals surface area contributed by atoms with E-state index in [0.717, 1.165) is 43.0 Å². The number of aromatic nitrogens is 1. The Labute approximate surface area is 182 Å². The number of likely N-dealkylation sites (N-methyl/N-ethyl adjacent to an activating group) is 1. The van der Waals surface area contributed by atoms with Crippen LogP contribution in [0.4, 0.5) is 4.39 Å². The topological polar surface area (TPSA) is 70.9 Å². The van der Waals surface area contributed by atoms with Crippen molar-refractivity contribution in [3.8, 4) is 11.1 Å². The van der Waals surface area contributed by atoms with Gasteiger partial charge in [-0.05, 0) is 24.2 Å². The minimum atomic E-state index is -0.246. The summed E-state index contributed by atoms with van der Waals surface area (Å²) in [5.41, 5.74) is 9.17. The van der Waals surface area contributed by atoms with Crippen LogP contribution in [0.1, 0.15) is 29.9 Å². The number of halogens is 1. The predicted octanol–water partition coefficient (Wildman–Crippen LogP) is 3.69. The van der Waals surface area contributed by atoms with Gasteiger partial charge >= 0.3 is 0 Å². The molecule has 0 amide bonds. The molecule has 1 atom stereocenters. The molecule has 0 spiro atoms. The maximum absolute atomic E-state index is 14.7. The average molecular weight is 422 g/mol. The van der Waals surface area contributed by atoms with E-state index in [-0.39, 0.29) is 11.7 Å². The van der Waals surface area contributed by atoms with Gasteiger partial charge in [0.2, 0.25) is 0 Å². The van der Waals surface area contributed by atoms with Crippen molar-refractivity contribution in [3.63, 3.8) is 0 Å². The molecule has 2 heterocycles. The molecule has 1 aliphatic heterocycles. The number of nitrogens with two attached hydrogens (primary N) is 1. The zero-order valence-electron chi connectivity index (χ0n) is 18.0. The van der Waals surface area contributed by atoms with Crippen LogP contribution in [0.5, 0.6) is 0 Å². The van der Waals surface area contributed by atoms with Crippen molar-refractivity contribution in [1.29, 1.82) is 0 Å². The summed E-state index contributed by atoms with van der Waals surface area (Å²) in [4.78, 5) is 8.80. The fourth-order valence-electron chi connectivity index (χ4n) is 3.73. The van der Waals surface area contributed by atoms with Crippen LogP contribution < -0.4 is 5.73 Å². The third-order valence-electron chi connectivity index (χ3n) is 5.82. The molecule has 1 fully saturated rings. The molecule has 7 heteroatoms. The Bertz CT molecular complexity index is 1040. The minimum absolute atomic E-state index is 0.101. The Hall–Kier alpha value is -3.19. The van der Waals surface area contributed by atoms with Crippen LogP contribution in [0.3, 0.4) is 0 Å².